The van der Waals surface area contributed by atoms with E-state index in [9.17, 15) is 0 Å². The van der Waals surface area contributed by atoms with Gasteiger partial charge >= 0.3 is 0 Å². The van der Waals surface area contributed by atoms with E-state index in [1.54, 1.807) is 12.5 Å². The average molecular weight is 219 g/mol. The molecule has 0 radical (unpaired) electrons. The minimum absolute atomic E-state index is 0.479. The molecular formula is C12H17N3O. The van der Waals surface area contributed by atoms with Gasteiger partial charge in [0.25, 0.3) is 0 Å². The maximum absolute atomic E-state index is 5.47. The minimum Gasteiger partial charge on any atom is -0.467 e. The smallest absolute Gasteiger partial charge is 0.129 e. The lowest BCUT2D eigenvalue weighted by Gasteiger charge is -2.08. The lowest BCUT2D eigenvalue weighted by molar-refractivity contribution is 0.470. The number of nitrogens with zero attached hydrogens (tertiary/aromatic N) is 2. The van der Waals surface area contributed by atoms with Gasteiger partial charge in [0.2, 0.25) is 0 Å². The first-order chi connectivity index (χ1) is 7.75. The van der Waals surface area contributed by atoms with E-state index in [-0.39, 0.29) is 0 Å². The van der Waals surface area contributed by atoms with Crippen LogP contribution in [0.1, 0.15) is 25.2 Å². The highest BCUT2D eigenvalue weighted by atomic mass is 16.3. The van der Waals surface area contributed by atoms with Crippen molar-refractivity contribution in [3.05, 3.63) is 42.1 Å². The summed E-state index contributed by atoms with van der Waals surface area (Å²) in [7, 11) is 0. The number of furan rings is 1. The number of rotatable bonds is 5. The molecule has 0 amide bonds. The molecule has 0 aromatic carbocycles. The monoisotopic (exact) mass is 219 g/mol. The third kappa shape index (κ3) is 2.73. The molecule has 16 heavy (non-hydrogen) atoms. The first-order valence-corrected chi connectivity index (χ1v) is 5.52. The molecule has 1 N–H and O–H groups in total. The van der Waals surface area contributed by atoms with Crippen LogP contribution in [-0.2, 0) is 13.1 Å². The largest absolute Gasteiger partial charge is 0.467 e. The number of nitrogens with one attached hydrogen (secondary N) is 1. The van der Waals surface area contributed by atoms with Crippen molar-refractivity contribution in [2.24, 2.45) is 0 Å². The first-order valence-electron chi connectivity index (χ1n) is 5.52. The quantitative estimate of drug-likeness (QED) is 0.836. The van der Waals surface area contributed by atoms with Gasteiger partial charge in [-0.2, -0.15) is 5.10 Å². The van der Waals surface area contributed by atoms with Crippen molar-refractivity contribution >= 4 is 0 Å². The maximum atomic E-state index is 5.47. The molecular weight excluding hydrogens is 202 g/mol. The third-order valence-electron chi connectivity index (χ3n) is 2.40. The summed E-state index contributed by atoms with van der Waals surface area (Å²) in [5.74, 6) is 0.969. The Bertz CT molecular complexity index is 417. The SMILES string of the molecule is CC(C)NCc1ccoc1Cn1cccn1. The highest BCUT2D eigenvalue weighted by Crippen LogP contribution is 2.11. The Morgan fingerprint density at radius 3 is 3.06 bits per heavy atom. The molecule has 86 valence electrons. The Kier molecular flexibility index (Phi) is 3.41. The van der Waals surface area contributed by atoms with Crippen molar-refractivity contribution in [3.8, 4) is 0 Å². The van der Waals surface area contributed by atoms with Crippen molar-refractivity contribution in [2.75, 3.05) is 0 Å². The maximum Gasteiger partial charge on any atom is 0.129 e. The van der Waals surface area contributed by atoms with Crippen molar-refractivity contribution in [1.29, 1.82) is 0 Å². The summed E-state index contributed by atoms with van der Waals surface area (Å²) in [5, 5.41) is 7.54. The van der Waals surface area contributed by atoms with Crippen LogP contribution < -0.4 is 5.32 Å². The Morgan fingerprint density at radius 1 is 1.50 bits per heavy atom. The molecule has 0 fully saturated rings. The van der Waals surface area contributed by atoms with Crippen LogP contribution in [0.4, 0.5) is 0 Å². The van der Waals surface area contributed by atoms with Gasteiger partial charge in [0.05, 0.1) is 12.8 Å². The van der Waals surface area contributed by atoms with Crippen molar-refractivity contribution in [2.45, 2.75) is 33.0 Å². The summed E-state index contributed by atoms with van der Waals surface area (Å²) >= 11 is 0. The van der Waals surface area contributed by atoms with Crippen LogP contribution in [0, 0.1) is 0 Å². The van der Waals surface area contributed by atoms with E-state index in [1.165, 1.54) is 5.56 Å². The van der Waals surface area contributed by atoms with Gasteiger partial charge in [-0.15, -0.1) is 0 Å². The lowest BCUT2D eigenvalue weighted by Crippen LogP contribution is -2.22. The van der Waals surface area contributed by atoms with Crippen LogP contribution in [0.3, 0.4) is 0 Å². The average Bonchev–Trinajstić information content (AvgIpc) is 2.87. The van der Waals surface area contributed by atoms with E-state index in [2.05, 4.69) is 24.3 Å². The normalized spacial score (nSPS) is 11.2. The molecule has 4 heteroatoms. The zero-order valence-corrected chi connectivity index (χ0v) is 9.68. The predicted molar refractivity (Wildman–Crippen MR) is 62.0 cm³/mol. The fourth-order valence-electron chi connectivity index (χ4n) is 1.52. The molecule has 2 aromatic heterocycles. The summed E-state index contributed by atoms with van der Waals surface area (Å²) in [6, 6.07) is 4.40. The Hall–Kier alpha value is -1.55. The highest BCUT2D eigenvalue weighted by molar-refractivity contribution is 5.17. The van der Waals surface area contributed by atoms with Gasteiger partial charge in [-0.05, 0) is 12.1 Å². The second-order valence-electron chi connectivity index (χ2n) is 4.11. The first kappa shape index (κ1) is 11.0. The zero-order valence-electron chi connectivity index (χ0n) is 9.68. The van der Waals surface area contributed by atoms with Crippen LogP contribution in [0.2, 0.25) is 0 Å². The number of hydrogen-bond donors (Lipinski definition) is 1. The second-order valence-corrected chi connectivity index (χ2v) is 4.11. The zero-order chi connectivity index (χ0) is 11.4. The number of hydrogen-bond acceptors (Lipinski definition) is 3. The Balaban J connectivity index is 2.01. The molecule has 0 aliphatic heterocycles. The van der Waals surface area contributed by atoms with Crippen LogP contribution >= 0.6 is 0 Å². The van der Waals surface area contributed by atoms with Gasteiger partial charge in [-0.1, -0.05) is 13.8 Å². The molecule has 0 unspecified atom stereocenters. The second kappa shape index (κ2) is 4.99. The van der Waals surface area contributed by atoms with Crippen molar-refractivity contribution in [3.63, 3.8) is 0 Å². The predicted octanol–water partition coefficient (Wildman–Crippen LogP) is 2.02. The summed E-state index contributed by atoms with van der Waals surface area (Å²) in [5.41, 5.74) is 1.20. The van der Waals surface area contributed by atoms with Crippen molar-refractivity contribution in [1.82, 2.24) is 15.1 Å². The van der Waals surface area contributed by atoms with Gasteiger partial charge in [0.15, 0.2) is 0 Å². The Labute approximate surface area is 95.3 Å². The highest BCUT2D eigenvalue weighted by Gasteiger charge is 2.07. The molecule has 2 rings (SSSR count). The summed E-state index contributed by atoms with van der Waals surface area (Å²) in [4.78, 5) is 0. The fourth-order valence-corrected chi connectivity index (χ4v) is 1.52. The Morgan fingerprint density at radius 2 is 2.38 bits per heavy atom. The molecule has 0 bridgehead atoms. The van der Waals surface area contributed by atoms with E-state index in [4.69, 9.17) is 4.42 Å². The van der Waals surface area contributed by atoms with E-state index in [0.717, 1.165) is 12.3 Å². The molecule has 0 atom stereocenters. The molecule has 0 saturated carbocycles. The summed E-state index contributed by atoms with van der Waals surface area (Å²) < 4.78 is 7.33. The van der Waals surface area contributed by atoms with E-state index < -0.39 is 0 Å². The molecule has 0 aliphatic carbocycles. The summed E-state index contributed by atoms with van der Waals surface area (Å²) in [6.07, 6.45) is 5.44. The van der Waals surface area contributed by atoms with Crippen LogP contribution in [-0.4, -0.2) is 15.8 Å². The molecule has 0 spiro atoms. The van der Waals surface area contributed by atoms with Gasteiger partial charge in [-0.3, -0.25) is 4.68 Å². The molecule has 2 heterocycles. The van der Waals surface area contributed by atoms with Gasteiger partial charge in [0, 0.05) is 30.5 Å². The molecule has 0 aliphatic rings. The van der Waals surface area contributed by atoms with Gasteiger partial charge < -0.3 is 9.73 Å². The topological polar surface area (TPSA) is 43.0 Å². The third-order valence-corrected chi connectivity index (χ3v) is 2.40. The molecule has 2 aromatic rings. The van der Waals surface area contributed by atoms with Crippen molar-refractivity contribution < 1.29 is 4.42 Å². The molecule has 0 saturated heterocycles. The standard InChI is InChI=1S/C12H17N3O/c1-10(2)13-8-11-4-7-16-12(11)9-15-6-3-5-14-15/h3-7,10,13H,8-9H2,1-2H3. The fraction of sp³-hybridized carbons (Fsp3) is 0.417. The van der Waals surface area contributed by atoms with E-state index in [0.29, 0.717) is 12.6 Å². The summed E-state index contributed by atoms with van der Waals surface area (Å²) in [6.45, 7) is 5.79. The van der Waals surface area contributed by atoms with Crippen LogP contribution in [0.5, 0.6) is 0 Å². The number of aromatic nitrogens is 2. The lowest BCUT2D eigenvalue weighted by atomic mass is 10.2. The van der Waals surface area contributed by atoms with Gasteiger partial charge in [-0.25, -0.2) is 0 Å². The van der Waals surface area contributed by atoms with Crippen LogP contribution in [0.15, 0.2) is 35.2 Å². The minimum atomic E-state index is 0.479. The molecule has 4 nitrogen and oxygen atoms in total. The van der Waals surface area contributed by atoms with Crippen LogP contribution in [0.25, 0.3) is 0 Å². The van der Waals surface area contributed by atoms with E-state index in [1.807, 2.05) is 23.0 Å². The van der Waals surface area contributed by atoms with E-state index >= 15 is 0 Å². The van der Waals surface area contributed by atoms with Gasteiger partial charge in [0.1, 0.15) is 5.76 Å².